The summed E-state index contributed by atoms with van der Waals surface area (Å²) >= 11 is 0. The molecule has 31 heavy (non-hydrogen) atoms. The van der Waals surface area contributed by atoms with E-state index in [0.717, 1.165) is 76.2 Å². The van der Waals surface area contributed by atoms with Crippen LogP contribution in [0.5, 0.6) is 0 Å². The fourth-order valence-corrected chi connectivity index (χ4v) is 3.46. The monoisotopic (exact) mass is 430 g/mol. The van der Waals surface area contributed by atoms with Crippen LogP contribution in [0, 0.1) is 0 Å². The molecule has 0 aliphatic carbocycles. The molecule has 0 aliphatic heterocycles. The van der Waals surface area contributed by atoms with Crippen molar-refractivity contribution < 1.29 is 10.2 Å². The lowest BCUT2D eigenvalue weighted by atomic mass is 10.0. The normalized spacial score (nSPS) is 15.5. The van der Waals surface area contributed by atoms with Crippen LogP contribution in [-0.2, 0) is 0 Å². The van der Waals surface area contributed by atoms with Crippen molar-refractivity contribution in [3.8, 4) is 0 Å². The van der Waals surface area contributed by atoms with E-state index < -0.39 is 0 Å². The Bertz CT molecular complexity index is 617. The summed E-state index contributed by atoms with van der Waals surface area (Å²) in [4.78, 5) is 0. The molecule has 178 valence electrons. The third-order valence-electron chi connectivity index (χ3n) is 5.71. The molecular formula is C29H50O2. The minimum atomic E-state index is -0.274. The van der Waals surface area contributed by atoms with Crippen molar-refractivity contribution in [2.45, 2.75) is 118 Å². The molecule has 1 unspecified atom stereocenters. The minimum Gasteiger partial charge on any atom is -0.392 e. The summed E-state index contributed by atoms with van der Waals surface area (Å²) in [6.07, 6.45) is 22.8. The molecule has 0 amide bonds. The Morgan fingerprint density at radius 2 is 1.03 bits per heavy atom. The fourth-order valence-electron chi connectivity index (χ4n) is 3.46. The number of aliphatic hydroxyl groups is 2. The molecule has 0 saturated carbocycles. The highest BCUT2D eigenvalue weighted by molar-refractivity contribution is 5.08. The van der Waals surface area contributed by atoms with Crippen LogP contribution in [-0.4, -0.2) is 22.9 Å². The maximum absolute atomic E-state index is 9.97. The van der Waals surface area contributed by atoms with Gasteiger partial charge < -0.3 is 10.2 Å². The Labute approximate surface area is 193 Å². The van der Waals surface area contributed by atoms with Crippen molar-refractivity contribution in [3.63, 3.8) is 0 Å². The van der Waals surface area contributed by atoms with Crippen molar-refractivity contribution in [1.29, 1.82) is 0 Å². The Kier molecular flexibility index (Phi) is 18.5. The number of unbranched alkanes of at least 4 members (excludes halogenated alkanes) is 1. The van der Waals surface area contributed by atoms with Gasteiger partial charge in [-0.25, -0.2) is 0 Å². The maximum Gasteiger partial charge on any atom is 0.0723 e. The van der Waals surface area contributed by atoms with Gasteiger partial charge in [0.2, 0.25) is 0 Å². The second-order valence-corrected chi connectivity index (χ2v) is 9.24. The first-order chi connectivity index (χ1) is 14.8. The predicted octanol–water partition coefficient (Wildman–Crippen LogP) is 8.38. The lowest BCUT2D eigenvalue weighted by Gasteiger charge is -2.07. The number of rotatable bonds is 17. The first-order valence-corrected chi connectivity index (χ1v) is 12.4. The Hall–Kier alpha value is -1.38. The topological polar surface area (TPSA) is 40.5 Å². The molecule has 0 aromatic heterocycles. The van der Waals surface area contributed by atoms with Crippen molar-refractivity contribution >= 4 is 0 Å². The third kappa shape index (κ3) is 19.1. The van der Waals surface area contributed by atoms with Crippen LogP contribution in [0.3, 0.4) is 0 Å². The molecule has 2 nitrogen and oxygen atoms in total. The van der Waals surface area contributed by atoms with E-state index in [1.165, 1.54) is 22.3 Å². The number of hydrogen-bond donors (Lipinski definition) is 2. The van der Waals surface area contributed by atoms with E-state index >= 15 is 0 Å². The van der Waals surface area contributed by atoms with Gasteiger partial charge in [-0.05, 0) is 92.4 Å². The van der Waals surface area contributed by atoms with Crippen LogP contribution in [0.1, 0.15) is 112 Å². The van der Waals surface area contributed by atoms with Crippen molar-refractivity contribution in [2.24, 2.45) is 0 Å². The minimum absolute atomic E-state index is 0.168. The van der Waals surface area contributed by atoms with Crippen molar-refractivity contribution in [2.75, 3.05) is 6.61 Å². The molecule has 0 aromatic carbocycles. The highest BCUT2D eigenvalue weighted by atomic mass is 16.3. The summed E-state index contributed by atoms with van der Waals surface area (Å²) in [7, 11) is 0. The summed E-state index contributed by atoms with van der Waals surface area (Å²) in [5, 5.41) is 19.0. The molecule has 1 atom stereocenters. The lowest BCUT2D eigenvalue weighted by molar-refractivity contribution is 0.208. The van der Waals surface area contributed by atoms with E-state index in [4.69, 9.17) is 5.11 Å². The number of allylic oxidation sites excluding steroid dienone is 8. The zero-order valence-electron chi connectivity index (χ0n) is 21.3. The largest absolute Gasteiger partial charge is 0.392 e. The molecule has 2 heteroatoms. The highest BCUT2D eigenvalue weighted by Crippen LogP contribution is 2.15. The van der Waals surface area contributed by atoms with Gasteiger partial charge in [-0.15, -0.1) is 0 Å². The Balaban J connectivity index is 4.12. The van der Waals surface area contributed by atoms with Crippen LogP contribution in [0.2, 0.25) is 0 Å². The standard InChI is InChI=1S/C29H50O2/c1-7-8-21-29(31)22-27(5)19-11-17-25(3)15-9-13-24(2)14-10-16-26(4)18-12-20-28(6)23-30/h13,16-17,20,22,29-31H,7-12,14-15,18-19,21,23H2,1-6H3/b24-13+,25-17+,26-16+,27-22+,28-20+. The van der Waals surface area contributed by atoms with E-state index in [0.29, 0.717) is 0 Å². The summed E-state index contributed by atoms with van der Waals surface area (Å²) < 4.78 is 0. The van der Waals surface area contributed by atoms with Gasteiger partial charge >= 0.3 is 0 Å². The Morgan fingerprint density at radius 3 is 1.42 bits per heavy atom. The second kappa shape index (κ2) is 19.3. The van der Waals surface area contributed by atoms with Gasteiger partial charge in [0.1, 0.15) is 0 Å². The quantitative estimate of drug-likeness (QED) is 0.227. The van der Waals surface area contributed by atoms with Crippen molar-refractivity contribution in [3.05, 3.63) is 58.2 Å². The summed E-state index contributed by atoms with van der Waals surface area (Å²) in [6, 6.07) is 0. The van der Waals surface area contributed by atoms with Crippen LogP contribution >= 0.6 is 0 Å². The maximum atomic E-state index is 9.97. The SMILES string of the molecule is CCCCC(O)/C=C(\C)CC/C=C(\C)CC/C=C(\C)CC/C=C(\C)CC/C=C(\C)CO. The first-order valence-electron chi connectivity index (χ1n) is 12.4. The molecule has 0 radical (unpaired) electrons. The van der Waals surface area contributed by atoms with Crippen molar-refractivity contribution in [1.82, 2.24) is 0 Å². The average molecular weight is 431 g/mol. The van der Waals surface area contributed by atoms with Crippen LogP contribution < -0.4 is 0 Å². The summed E-state index contributed by atoms with van der Waals surface area (Å²) in [5.74, 6) is 0. The molecule has 2 N–H and O–H groups in total. The van der Waals surface area contributed by atoms with Gasteiger partial charge in [0.25, 0.3) is 0 Å². The van der Waals surface area contributed by atoms with Crippen LogP contribution in [0.4, 0.5) is 0 Å². The summed E-state index contributed by atoms with van der Waals surface area (Å²) in [6.45, 7) is 13.1. The second-order valence-electron chi connectivity index (χ2n) is 9.24. The van der Waals surface area contributed by atoms with Gasteiger partial charge in [0, 0.05) is 0 Å². The van der Waals surface area contributed by atoms with Crippen LogP contribution in [0.15, 0.2) is 58.2 Å². The molecule has 0 heterocycles. The molecule has 0 aliphatic rings. The number of hydrogen-bond acceptors (Lipinski definition) is 2. The first kappa shape index (κ1) is 29.6. The molecule has 0 bridgehead atoms. The van der Waals surface area contributed by atoms with Gasteiger partial charge in [0.15, 0.2) is 0 Å². The molecule has 0 spiro atoms. The third-order valence-corrected chi connectivity index (χ3v) is 5.71. The summed E-state index contributed by atoms with van der Waals surface area (Å²) in [5.41, 5.74) is 6.74. The van der Waals surface area contributed by atoms with Gasteiger partial charge in [0.05, 0.1) is 12.7 Å². The zero-order chi connectivity index (χ0) is 23.5. The molecule has 0 saturated heterocycles. The molecule has 0 fully saturated rings. The number of aliphatic hydroxyl groups excluding tert-OH is 2. The van der Waals surface area contributed by atoms with E-state index in [1.807, 2.05) is 13.0 Å². The molecular weight excluding hydrogens is 380 g/mol. The smallest absolute Gasteiger partial charge is 0.0723 e. The Morgan fingerprint density at radius 1 is 0.645 bits per heavy atom. The zero-order valence-corrected chi connectivity index (χ0v) is 21.3. The van der Waals surface area contributed by atoms with Crippen LogP contribution in [0.25, 0.3) is 0 Å². The average Bonchev–Trinajstić information content (AvgIpc) is 2.72. The van der Waals surface area contributed by atoms with E-state index in [1.54, 1.807) is 0 Å². The predicted molar refractivity (Wildman–Crippen MR) is 138 cm³/mol. The van der Waals surface area contributed by atoms with E-state index in [-0.39, 0.29) is 12.7 Å². The molecule has 0 aromatic rings. The highest BCUT2D eigenvalue weighted by Gasteiger charge is 2.00. The molecule has 0 rings (SSSR count). The van der Waals surface area contributed by atoms with Gasteiger partial charge in [-0.3, -0.25) is 0 Å². The lowest BCUT2D eigenvalue weighted by Crippen LogP contribution is -2.02. The fraction of sp³-hybridized carbons (Fsp3) is 0.655. The van der Waals surface area contributed by atoms with E-state index in [9.17, 15) is 5.11 Å². The van der Waals surface area contributed by atoms with Gasteiger partial charge in [-0.2, -0.15) is 0 Å². The van der Waals surface area contributed by atoms with E-state index in [2.05, 4.69) is 58.9 Å². The van der Waals surface area contributed by atoms with Gasteiger partial charge in [-0.1, -0.05) is 78.0 Å².